The molecule has 28 heavy (non-hydrogen) atoms. The van der Waals surface area contributed by atoms with Gasteiger partial charge in [0.25, 0.3) is 5.91 Å². The number of amides is 1. The molecule has 0 aliphatic rings. The first-order valence-corrected chi connectivity index (χ1v) is 8.34. The summed E-state index contributed by atoms with van der Waals surface area (Å²) in [5.41, 5.74) is 0.645. The first kappa shape index (κ1) is 19.3. The number of benzene rings is 2. The average molecular weight is 389 g/mol. The van der Waals surface area contributed by atoms with Crippen LogP contribution in [0.4, 0.5) is 14.5 Å². The van der Waals surface area contributed by atoms with E-state index in [0.717, 1.165) is 18.2 Å². The Morgan fingerprint density at radius 3 is 2.61 bits per heavy atom. The molecule has 0 spiro atoms. The summed E-state index contributed by atoms with van der Waals surface area (Å²) in [6, 6.07) is 7.69. The highest BCUT2D eigenvalue weighted by Crippen LogP contribution is 2.29. The highest BCUT2D eigenvalue weighted by Gasteiger charge is 2.25. The minimum atomic E-state index is -1.27. The fraction of sp³-hybridized carbons (Fsp3) is 0.200. The molecule has 0 fully saturated rings. The predicted octanol–water partition coefficient (Wildman–Crippen LogP) is 4.21. The molecule has 1 amide bonds. The summed E-state index contributed by atoms with van der Waals surface area (Å²) in [6.07, 6.45) is -1.27. The number of anilines is 1. The van der Waals surface area contributed by atoms with E-state index in [4.69, 9.17) is 13.9 Å². The average Bonchev–Trinajstić information content (AvgIpc) is 3.00. The second kappa shape index (κ2) is 7.67. The number of esters is 1. The number of fused-ring (bicyclic) bond motifs is 1. The number of ether oxygens (including phenoxy) is 2. The maximum Gasteiger partial charge on any atom is 0.375 e. The van der Waals surface area contributed by atoms with Crippen molar-refractivity contribution in [1.82, 2.24) is 0 Å². The number of nitrogens with one attached hydrogen (secondary N) is 1. The molecular formula is C20H17F2NO5. The zero-order valence-electron chi connectivity index (χ0n) is 15.3. The Balaban J connectivity index is 1.75. The summed E-state index contributed by atoms with van der Waals surface area (Å²) < 4.78 is 42.6. The van der Waals surface area contributed by atoms with E-state index in [0.29, 0.717) is 22.3 Å². The second-order valence-electron chi connectivity index (χ2n) is 6.08. The Bertz CT molecular complexity index is 1060. The summed E-state index contributed by atoms with van der Waals surface area (Å²) in [4.78, 5) is 24.6. The Morgan fingerprint density at radius 2 is 1.89 bits per heavy atom. The number of aryl methyl sites for hydroxylation is 1. The smallest absolute Gasteiger partial charge is 0.375 e. The Labute approximate surface area is 159 Å². The molecule has 3 rings (SSSR count). The first-order chi connectivity index (χ1) is 13.3. The third kappa shape index (κ3) is 3.80. The lowest BCUT2D eigenvalue weighted by Crippen LogP contribution is -2.30. The molecule has 0 saturated heterocycles. The van der Waals surface area contributed by atoms with E-state index in [2.05, 4.69) is 5.32 Å². The van der Waals surface area contributed by atoms with E-state index in [-0.39, 0.29) is 11.4 Å². The molecule has 0 saturated carbocycles. The number of rotatable bonds is 5. The van der Waals surface area contributed by atoms with Crippen LogP contribution < -0.4 is 10.1 Å². The monoisotopic (exact) mass is 389 g/mol. The summed E-state index contributed by atoms with van der Waals surface area (Å²) in [6.45, 7) is 2.99. The van der Waals surface area contributed by atoms with Gasteiger partial charge in [-0.3, -0.25) is 4.79 Å². The molecule has 0 radical (unpaired) electrons. The summed E-state index contributed by atoms with van der Waals surface area (Å²) in [5, 5.41) is 2.86. The summed E-state index contributed by atoms with van der Waals surface area (Å²) >= 11 is 0. The fourth-order valence-electron chi connectivity index (χ4n) is 2.62. The van der Waals surface area contributed by atoms with Crippen molar-refractivity contribution in [2.75, 3.05) is 12.4 Å². The van der Waals surface area contributed by atoms with Gasteiger partial charge in [0.05, 0.1) is 12.8 Å². The van der Waals surface area contributed by atoms with E-state index < -0.39 is 29.6 Å². The highest BCUT2D eigenvalue weighted by atomic mass is 19.1. The lowest BCUT2D eigenvalue weighted by molar-refractivity contribution is -0.123. The van der Waals surface area contributed by atoms with Crippen LogP contribution in [0.2, 0.25) is 0 Å². The van der Waals surface area contributed by atoms with Gasteiger partial charge in [0.15, 0.2) is 6.10 Å². The molecule has 3 aromatic rings. The first-order valence-electron chi connectivity index (χ1n) is 8.34. The Kier molecular flexibility index (Phi) is 5.30. The fourth-order valence-corrected chi connectivity index (χ4v) is 2.62. The molecule has 0 aliphatic heterocycles. The Morgan fingerprint density at radius 1 is 1.14 bits per heavy atom. The largest absolute Gasteiger partial charge is 0.497 e. The van der Waals surface area contributed by atoms with Gasteiger partial charge in [0.2, 0.25) is 5.76 Å². The SMILES string of the molecule is COc1ccc2oc(C(=O)O[C@H](C)C(=O)Nc3cc(F)ccc3F)c(C)c2c1. The van der Waals surface area contributed by atoms with Gasteiger partial charge in [-0.25, -0.2) is 13.6 Å². The summed E-state index contributed by atoms with van der Waals surface area (Å²) in [7, 11) is 1.52. The maximum atomic E-state index is 13.6. The van der Waals surface area contributed by atoms with Crippen LogP contribution in [0, 0.1) is 18.6 Å². The van der Waals surface area contributed by atoms with Crippen LogP contribution in [-0.4, -0.2) is 25.1 Å². The van der Waals surface area contributed by atoms with Gasteiger partial charge in [-0.2, -0.15) is 0 Å². The van der Waals surface area contributed by atoms with E-state index in [1.165, 1.54) is 14.0 Å². The van der Waals surface area contributed by atoms with E-state index in [1.54, 1.807) is 25.1 Å². The molecule has 0 unspecified atom stereocenters. The topological polar surface area (TPSA) is 77.8 Å². The minimum Gasteiger partial charge on any atom is -0.497 e. The molecule has 8 heteroatoms. The van der Waals surface area contributed by atoms with Crippen LogP contribution in [0.1, 0.15) is 23.0 Å². The van der Waals surface area contributed by atoms with E-state index in [9.17, 15) is 18.4 Å². The standard InChI is InChI=1S/C20H17F2NO5/c1-10-14-9-13(26-3)5-7-17(14)28-18(10)20(25)27-11(2)19(24)23-16-8-12(21)4-6-15(16)22/h4-9,11H,1-3H3,(H,23,24)/t11-/m1/s1. The number of carbonyl (C=O) groups excluding carboxylic acids is 2. The van der Waals surface area contributed by atoms with Crippen molar-refractivity contribution < 1.29 is 32.3 Å². The number of hydrogen-bond donors (Lipinski definition) is 1. The van der Waals surface area contributed by atoms with Crippen molar-refractivity contribution in [3.05, 3.63) is 59.4 Å². The molecule has 0 bridgehead atoms. The maximum absolute atomic E-state index is 13.6. The van der Waals surface area contributed by atoms with Crippen molar-refractivity contribution >= 4 is 28.5 Å². The predicted molar refractivity (Wildman–Crippen MR) is 97.4 cm³/mol. The van der Waals surface area contributed by atoms with Gasteiger partial charge in [0.1, 0.15) is 23.0 Å². The van der Waals surface area contributed by atoms with Crippen molar-refractivity contribution in [1.29, 1.82) is 0 Å². The zero-order chi connectivity index (χ0) is 20.4. The van der Waals surface area contributed by atoms with Gasteiger partial charge in [-0.1, -0.05) is 0 Å². The van der Waals surface area contributed by atoms with Crippen molar-refractivity contribution in [2.45, 2.75) is 20.0 Å². The van der Waals surface area contributed by atoms with Crippen LogP contribution in [0.25, 0.3) is 11.0 Å². The number of halogens is 2. The minimum absolute atomic E-state index is 0.0557. The molecule has 2 aromatic carbocycles. The van der Waals surface area contributed by atoms with Gasteiger partial charge in [-0.15, -0.1) is 0 Å². The van der Waals surface area contributed by atoms with Crippen LogP contribution in [0.15, 0.2) is 40.8 Å². The third-order valence-electron chi connectivity index (χ3n) is 4.17. The molecule has 6 nitrogen and oxygen atoms in total. The van der Waals surface area contributed by atoms with Gasteiger partial charge in [-0.05, 0) is 44.2 Å². The van der Waals surface area contributed by atoms with E-state index in [1.807, 2.05) is 0 Å². The van der Waals surface area contributed by atoms with Crippen LogP contribution in [0.5, 0.6) is 5.75 Å². The normalized spacial score (nSPS) is 11.9. The highest BCUT2D eigenvalue weighted by molar-refractivity contribution is 5.99. The quantitative estimate of drug-likeness (QED) is 0.662. The van der Waals surface area contributed by atoms with Crippen LogP contribution >= 0.6 is 0 Å². The van der Waals surface area contributed by atoms with Crippen LogP contribution in [0.3, 0.4) is 0 Å². The number of furan rings is 1. The lowest BCUT2D eigenvalue weighted by Gasteiger charge is -2.13. The van der Waals surface area contributed by atoms with Crippen molar-refractivity contribution in [3.63, 3.8) is 0 Å². The zero-order valence-corrected chi connectivity index (χ0v) is 15.3. The van der Waals surface area contributed by atoms with Gasteiger partial charge < -0.3 is 19.2 Å². The molecular weight excluding hydrogens is 372 g/mol. The number of hydrogen-bond acceptors (Lipinski definition) is 5. The molecule has 1 N–H and O–H groups in total. The second-order valence-corrected chi connectivity index (χ2v) is 6.08. The van der Waals surface area contributed by atoms with E-state index >= 15 is 0 Å². The molecule has 0 aliphatic carbocycles. The Hall–Kier alpha value is -3.42. The molecule has 146 valence electrons. The van der Waals surface area contributed by atoms with Gasteiger partial charge >= 0.3 is 5.97 Å². The molecule has 1 heterocycles. The molecule has 1 aromatic heterocycles. The van der Waals surface area contributed by atoms with Gasteiger partial charge in [0, 0.05) is 17.0 Å². The van der Waals surface area contributed by atoms with Crippen molar-refractivity contribution in [3.8, 4) is 5.75 Å². The molecule has 1 atom stereocenters. The lowest BCUT2D eigenvalue weighted by atomic mass is 10.1. The number of methoxy groups -OCH3 is 1. The number of carbonyl (C=O) groups is 2. The van der Waals surface area contributed by atoms with Crippen molar-refractivity contribution in [2.24, 2.45) is 0 Å². The van der Waals surface area contributed by atoms with Crippen LogP contribution in [-0.2, 0) is 9.53 Å². The third-order valence-corrected chi connectivity index (χ3v) is 4.17. The summed E-state index contributed by atoms with van der Waals surface area (Å²) in [5.74, 6) is -2.64.